The monoisotopic (exact) mass is 274 g/mol. The number of benzene rings is 1. The average Bonchev–Trinajstić information content (AvgIpc) is 2.32. The van der Waals surface area contributed by atoms with Crippen LogP contribution in [0.2, 0.25) is 0 Å². The van der Waals surface area contributed by atoms with E-state index in [1.54, 1.807) is 0 Å². The topological polar surface area (TPSA) is 17.1 Å². The molecule has 1 rings (SSSR count). The fraction of sp³-hybridized carbons (Fsp3) is 0.632. The Bertz CT molecular complexity index is 444. The second-order valence-electron chi connectivity index (χ2n) is 8.00. The molecule has 0 heterocycles. The van der Waals surface area contributed by atoms with Crippen LogP contribution in [0.15, 0.2) is 24.3 Å². The lowest BCUT2D eigenvalue weighted by atomic mass is 9.83. The van der Waals surface area contributed by atoms with E-state index in [2.05, 4.69) is 26.8 Å². The van der Waals surface area contributed by atoms with Crippen LogP contribution in [0.25, 0.3) is 0 Å². The molecule has 0 saturated heterocycles. The summed E-state index contributed by atoms with van der Waals surface area (Å²) >= 11 is 0. The van der Waals surface area contributed by atoms with Crippen molar-refractivity contribution in [3.05, 3.63) is 35.4 Å². The van der Waals surface area contributed by atoms with E-state index in [1.807, 2.05) is 39.0 Å². The van der Waals surface area contributed by atoms with E-state index < -0.39 is 0 Å². The molecule has 1 heteroatoms. The van der Waals surface area contributed by atoms with Gasteiger partial charge in [0.05, 0.1) is 0 Å². The lowest BCUT2D eigenvalue weighted by Crippen LogP contribution is -2.21. The van der Waals surface area contributed by atoms with E-state index in [-0.39, 0.29) is 11.2 Å². The summed E-state index contributed by atoms with van der Waals surface area (Å²) in [6.07, 6.45) is 4.63. The van der Waals surface area contributed by atoms with Crippen LogP contribution in [0, 0.1) is 10.8 Å². The van der Waals surface area contributed by atoms with Gasteiger partial charge >= 0.3 is 0 Å². The number of hydrogen-bond donors (Lipinski definition) is 0. The molecule has 0 atom stereocenters. The first-order chi connectivity index (χ1) is 9.11. The molecule has 0 aliphatic rings. The SMILES string of the molecule is CC(C)(C)CCCCc1ccccc1C(=O)C(C)(C)C. The Balaban J connectivity index is 2.70. The fourth-order valence-electron chi connectivity index (χ4n) is 2.33. The Labute approximate surface area is 124 Å². The fourth-order valence-corrected chi connectivity index (χ4v) is 2.33. The minimum Gasteiger partial charge on any atom is -0.294 e. The van der Waals surface area contributed by atoms with Gasteiger partial charge in [-0.2, -0.15) is 0 Å². The Morgan fingerprint density at radius 3 is 2.10 bits per heavy atom. The van der Waals surface area contributed by atoms with Gasteiger partial charge in [0.15, 0.2) is 5.78 Å². The molecule has 1 aromatic rings. The van der Waals surface area contributed by atoms with Crippen molar-refractivity contribution in [1.29, 1.82) is 0 Å². The molecule has 0 aliphatic carbocycles. The summed E-state index contributed by atoms with van der Waals surface area (Å²) in [5.41, 5.74) is 2.22. The van der Waals surface area contributed by atoms with Crippen molar-refractivity contribution in [1.82, 2.24) is 0 Å². The number of Topliss-reactive ketones (excluding diaryl/α,β-unsaturated/α-hetero) is 1. The molecular weight excluding hydrogens is 244 g/mol. The van der Waals surface area contributed by atoms with E-state index in [1.165, 1.54) is 18.4 Å². The molecule has 0 unspecified atom stereocenters. The third-order valence-corrected chi connectivity index (χ3v) is 3.57. The molecule has 0 aromatic heterocycles. The lowest BCUT2D eigenvalue weighted by molar-refractivity contribution is 0.0857. The maximum absolute atomic E-state index is 12.5. The number of carbonyl (C=O) groups is 1. The molecule has 112 valence electrons. The van der Waals surface area contributed by atoms with E-state index in [0.717, 1.165) is 18.4 Å². The maximum atomic E-state index is 12.5. The highest BCUT2D eigenvalue weighted by atomic mass is 16.1. The molecule has 20 heavy (non-hydrogen) atoms. The lowest BCUT2D eigenvalue weighted by Gasteiger charge is -2.20. The highest BCUT2D eigenvalue weighted by Gasteiger charge is 2.24. The second kappa shape index (κ2) is 6.56. The summed E-state index contributed by atoms with van der Waals surface area (Å²) in [4.78, 5) is 12.5. The van der Waals surface area contributed by atoms with Crippen molar-refractivity contribution in [3.63, 3.8) is 0 Å². The summed E-state index contributed by atoms with van der Waals surface area (Å²) in [5.74, 6) is 0.254. The highest BCUT2D eigenvalue weighted by Crippen LogP contribution is 2.26. The number of aryl methyl sites for hydroxylation is 1. The van der Waals surface area contributed by atoms with Gasteiger partial charge < -0.3 is 0 Å². The van der Waals surface area contributed by atoms with Crippen molar-refractivity contribution in [2.45, 2.75) is 67.2 Å². The van der Waals surface area contributed by atoms with Crippen LogP contribution >= 0.6 is 0 Å². The standard InChI is InChI=1S/C19H30O/c1-18(2,3)14-10-9-12-15-11-7-8-13-16(15)17(20)19(4,5)6/h7-8,11,13H,9-10,12,14H2,1-6H3. The molecule has 1 nitrogen and oxygen atoms in total. The van der Waals surface area contributed by atoms with Crippen LogP contribution in [0.3, 0.4) is 0 Å². The zero-order valence-corrected chi connectivity index (χ0v) is 14.0. The molecule has 1 aromatic carbocycles. The predicted molar refractivity (Wildman–Crippen MR) is 87.2 cm³/mol. The van der Waals surface area contributed by atoms with E-state index >= 15 is 0 Å². The normalized spacial score (nSPS) is 12.5. The van der Waals surface area contributed by atoms with Crippen molar-refractivity contribution in [2.24, 2.45) is 10.8 Å². The quantitative estimate of drug-likeness (QED) is 0.499. The summed E-state index contributed by atoms with van der Waals surface area (Å²) in [6, 6.07) is 8.10. The van der Waals surface area contributed by atoms with Gasteiger partial charge in [-0.15, -0.1) is 0 Å². The molecule has 0 aliphatic heterocycles. The average molecular weight is 274 g/mol. The van der Waals surface area contributed by atoms with Crippen LogP contribution < -0.4 is 0 Å². The Hall–Kier alpha value is -1.11. The molecule has 0 bridgehead atoms. The van der Waals surface area contributed by atoms with Crippen LogP contribution in [-0.4, -0.2) is 5.78 Å². The van der Waals surface area contributed by atoms with Crippen molar-refractivity contribution >= 4 is 5.78 Å². The van der Waals surface area contributed by atoms with Gasteiger partial charge in [0.1, 0.15) is 0 Å². The van der Waals surface area contributed by atoms with Gasteiger partial charge in [0.2, 0.25) is 0 Å². The summed E-state index contributed by atoms with van der Waals surface area (Å²) in [7, 11) is 0. The first-order valence-corrected chi connectivity index (χ1v) is 7.74. The predicted octanol–water partition coefficient (Wildman–Crippen LogP) is 5.67. The van der Waals surface area contributed by atoms with Gasteiger partial charge in [-0.25, -0.2) is 0 Å². The number of ketones is 1. The maximum Gasteiger partial charge on any atom is 0.168 e. The molecule has 0 N–H and O–H groups in total. The highest BCUT2D eigenvalue weighted by molar-refractivity contribution is 6.01. The number of carbonyl (C=O) groups excluding carboxylic acids is 1. The van der Waals surface area contributed by atoms with E-state index in [4.69, 9.17) is 0 Å². The number of rotatable bonds is 5. The first-order valence-electron chi connectivity index (χ1n) is 7.74. The second-order valence-corrected chi connectivity index (χ2v) is 8.00. The van der Waals surface area contributed by atoms with Gasteiger partial charge in [0.25, 0.3) is 0 Å². The minimum atomic E-state index is -0.304. The van der Waals surface area contributed by atoms with Crippen molar-refractivity contribution in [3.8, 4) is 0 Å². The smallest absolute Gasteiger partial charge is 0.168 e. The largest absolute Gasteiger partial charge is 0.294 e. The molecule has 0 amide bonds. The van der Waals surface area contributed by atoms with E-state index in [9.17, 15) is 4.79 Å². The van der Waals surface area contributed by atoms with Crippen molar-refractivity contribution in [2.75, 3.05) is 0 Å². The summed E-state index contributed by atoms with van der Waals surface area (Å²) < 4.78 is 0. The zero-order chi connectivity index (χ0) is 15.4. The summed E-state index contributed by atoms with van der Waals surface area (Å²) in [6.45, 7) is 12.8. The third-order valence-electron chi connectivity index (χ3n) is 3.57. The van der Waals surface area contributed by atoms with Crippen LogP contribution in [0.1, 0.15) is 76.7 Å². The van der Waals surface area contributed by atoms with Crippen LogP contribution in [0.5, 0.6) is 0 Å². The minimum absolute atomic E-state index is 0.254. The Kier molecular flexibility index (Phi) is 5.56. The van der Waals surface area contributed by atoms with E-state index in [0.29, 0.717) is 5.41 Å². The molecule has 0 radical (unpaired) electrons. The number of hydrogen-bond acceptors (Lipinski definition) is 1. The molecule has 0 fully saturated rings. The van der Waals surface area contributed by atoms with Crippen LogP contribution in [-0.2, 0) is 6.42 Å². The molecule has 0 spiro atoms. The molecular formula is C19H30O. The van der Waals surface area contributed by atoms with Gasteiger partial charge in [-0.3, -0.25) is 4.79 Å². The number of unbranched alkanes of at least 4 members (excludes halogenated alkanes) is 1. The third kappa shape index (κ3) is 5.48. The van der Waals surface area contributed by atoms with Gasteiger partial charge in [-0.05, 0) is 30.2 Å². The zero-order valence-electron chi connectivity index (χ0n) is 14.0. The summed E-state index contributed by atoms with van der Waals surface area (Å²) in [5, 5.41) is 0. The first kappa shape index (κ1) is 16.9. The van der Waals surface area contributed by atoms with Crippen molar-refractivity contribution < 1.29 is 4.79 Å². The van der Waals surface area contributed by atoms with Gasteiger partial charge in [0, 0.05) is 11.0 Å². The molecule has 0 saturated carbocycles. The Morgan fingerprint density at radius 1 is 0.950 bits per heavy atom. The van der Waals surface area contributed by atoms with Crippen LogP contribution in [0.4, 0.5) is 0 Å². The Morgan fingerprint density at radius 2 is 1.55 bits per heavy atom. The van der Waals surface area contributed by atoms with Gasteiger partial charge in [-0.1, -0.05) is 72.2 Å².